The number of nitrogens with zero attached hydrogens (tertiary/aromatic N) is 2. The van der Waals surface area contributed by atoms with Crippen LogP contribution in [-0.4, -0.2) is 42.0 Å². The lowest BCUT2D eigenvalue weighted by Crippen LogP contribution is -2.44. The van der Waals surface area contributed by atoms with Crippen molar-refractivity contribution in [3.63, 3.8) is 0 Å². The van der Waals surface area contributed by atoms with E-state index in [1.54, 1.807) is 11.9 Å². The molecule has 2 amide bonds. The lowest BCUT2D eigenvalue weighted by atomic mass is 9.81. The van der Waals surface area contributed by atoms with Gasteiger partial charge in [0, 0.05) is 43.8 Å². The third-order valence-corrected chi connectivity index (χ3v) is 5.58. The Morgan fingerprint density at radius 1 is 1.17 bits per heavy atom. The highest BCUT2D eigenvalue weighted by Gasteiger charge is 2.46. The van der Waals surface area contributed by atoms with Gasteiger partial charge in [0.15, 0.2) is 0 Å². The number of nitrogens with one attached hydrogen (secondary N) is 1. The number of carbonyl (C=O) groups is 2. The summed E-state index contributed by atoms with van der Waals surface area (Å²) in [6.07, 6.45) is 0.834. The van der Waals surface area contributed by atoms with E-state index in [1.165, 1.54) is 24.3 Å². The Labute approximate surface area is 173 Å². The Kier molecular flexibility index (Phi) is 5.35. The second kappa shape index (κ2) is 8.10. The third-order valence-electron chi connectivity index (χ3n) is 5.58. The van der Waals surface area contributed by atoms with E-state index in [-0.39, 0.29) is 18.4 Å². The molecule has 30 heavy (non-hydrogen) atoms. The molecule has 2 aromatic carbocycles. The fourth-order valence-electron chi connectivity index (χ4n) is 3.97. The molecule has 1 aromatic heterocycles. The van der Waals surface area contributed by atoms with Gasteiger partial charge in [-0.15, -0.1) is 0 Å². The quantitative estimate of drug-likeness (QED) is 0.704. The monoisotopic (exact) mass is 407 g/mol. The van der Waals surface area contributed by atoms with Crippen LogP contribution in [0.15, 0.2) is 65.2 Å². The molecule has 0 spiro atoms. The summed E-state index contributed by atoms with van der Waals surface area (Å²) in [6, 6.07) is 16.9. The van der Waals surface area contributed by atoms with E-state index in [1.807, 2.05) is 36.4 Å². The minimum Gasteiger partial charge on any atom is -0.361 e. The van der Waals surface area contributed by atoms with Gasteiger partial charge in [-0.25, -0.2) is 4.39 Å². The molecule has 1 aliphatic heterocycles. The molecule has 1 aliphatic rings. The van der Waals surface area contributed by atoms with Gasteiger partial charge in [-0.05, 0) is 30.7 Å². The molecule has 0 radical (unpaired) electrons. The Bertz CT molecular complexity index is 1050. The number of aromatic nitrogens is 1. The number of rotatable bonds is 5. The van der Waals surface area contributed by atoms with E-state index in [9.17, 15) is 14.0 Å². The number of halogens is 1. The number of hydrogen-bond donors (Lipinski definition) is 1. The van der Waals surface area contributed by atoms with Crippen LogP contribution in [0.2, 0.25) is 0 Å². The second-order valence-electron chi connectivity index (χ2n) is 7.56. The molecule has 154 valence electrons. The van der Waals surface area contributed by atoms with E-state index in [4.69, 9.17) is 4.52 Å². The summed E-state index contributed by atoms with van der Waals surface area (Å²) in [7, 11) is 1.59. The van der Waals surface area contributed by atoms with Gasteiger partial charge < -0.3 is 14.7 Å². The van der Waals surface area contributed by atoms with Crippen LogP contribution in [0, 0.1) is 11.2 Å². The highest BCUT2D eigenvalue weighted by molar-refractivity contribution is 5.95. The van der Waals surface area contributed by atoms with Crippen LogP contribution in [0.5, 0.6) is 0 Å². The molecule has 0 unspecified atom stereocenters. The summed E-state index contributed by atoms with van der Waals surface area (Å²) < 4.78 is 18.7. The molecule has 0 aliphatic carbocycles. The molecule has 1 fully saturated rings. The lowest BCUT2D eigenvalue weighted by molar-refractivity contribution is -0.130. The topological polar surface area (TPSA) is 75.4 Å². The normalized spacial score (nSPS) is 18.4. The van der Waals surface area contributed by atoms with Crippen LogP contribution >= 0.6 is 0 Å². The summed E-state index contributed by atoms with van der Waals surface area (Å²) >= 11 is 0. The fraction of sp³-hybridized carbons (Fsp3) is 0.261. The van der Waals surface area contributed by atoms with Crippen LogP contribution in [0.1, 0.15) is 22.5 Å². The van der Waals surface area contributed by atoms with E-state index >= 15 is 0 Å². The first-order valence-corrected chi connectivity index (χ1v) is 9.79. The lowest BCUT2D eigenvalue weighted by Gasteiger charge is -2.26. The van der Waals surface area contributed by atoms with Crippen molar-refractivity contribution in [2.45, 2.75) is 12.8 Å². The highest BCUT2D eigenvalue weighted by atomic mass is 19.1. The minimum absolute atomic E-state index is 0.144. The SMILES string of the molecule is CNC(=O)[C@]1(Cc2cc(-c3ccccc3)no2)CCN(C(=O)c2ccc(F)cc2)C1. The van der Waals surface area contributed by atoms with Gasteiger partial charge in [0.05, 0.1) is 5.41 Å². The molecule has 3 aromatic rings. The van der Waals surface area contributed by atoms with Gasteiger partial charge in [0.25, 0.3) is 5.91 Å². The van der Waals surface area contributed by atoms with E-state index in [0.29, 0.717) is 36.4 Å². The number of benzene rings is 2. The molecular weight excluding hydrogens is 385 g/mol. The van der Waals surface area contributed by atoms with E-state index in [0.717, 1.165) is 5.56 Å². The van der Waals surface area contributed by atoms with Crippen molar-refractivity contribution in [2.24, 2.45) is 5.41 Å². The molecule has 0 bridgehead atoms. The molecule has 4 rings (SSSR count). The van der Waals surface area contributed by atoms with Crippen LogP contribution in [-0.2, 0) is 11.2 Å². The maximum atomic E-state index is 13.2. The standard InChI is InChI=1S/C23H22FN3O3/c1-25-22(29)23(14-19-13-20(26-30-19)16-5-3-2-4-6-16)11-12-27(15-23)21(28)17-7-9-18(24)10-8-17/h2-10,13H,11-12,14-15H2,1H3,(H,25,29)/t23-/m0/s1. The fourth-order valence-corrected chi connectivity index (χ4v) is 3.97. The van der Waals surface area contributed by atoms with Crippen LogP contribution < -0.4 is 5.32 Å². The molecule has 6 nitrogen and oxygen atoms in total. The first kappa shape index (κ1) is 19.8. The Morgan fingerprint density at radius 3 is 2.60 bits per heavy atom. The predicted octanol–water partition coefficient (Wildman–Crippen LogP) is 3.30. The molecule has 1 N–H and O–H groups in total. The highest BCUT2D eigenvalue weighted by Crippen LogP contribution is 2.36. The van der Waals surface area contributed by atoms with Gasteiger partial charge in [0.1, 0.15) is 17.3 Å². The summed E-state index contributed by atoms with van der Waals surface area (Å²) in [5, 5.41) is 6.86. The Balaban J connectivity index is 1.54. The molecule has 1 saturated heterocycles. The summed E-state index contributed by atoms with van der Waals surface area (Å²) in [6.45, 7) is 0.688. The molecular formula is C23H22FN3O3. The minimum atomic E-state index is -0.808. The first-order chi connectivity index (χ1) is 14.5. The number of amides is 2. The van der Waals surface area contributed by atoms with Gasteiger partial charge in [0.2, 0.25) is 5.91 Å². The van der Waals surface area contributed by atoms with E-state index in [2.05, 4.69) is 10.5 Å². The van der Waals surface area contributed by atoms with Crippen molar-refractivity contribution in [3.05, 3.63) is 77.8 Å². The van der Waals surface area contributed by atoms with Gasteiger partial charge in [-0.2, -0.15) is 0 Å². The number of hydrogen-bond acceptors (Lipinski definition) is 4. The largest absolute Gasteiger partial charge is 0.361 e. The molecule has 7 heteroatoms. The van der Waals surface area contributed by atoms with E-state index < -0.39 is 11.2 Å². The van der Waals surface area contributed by atoms with Gasteiger partial charge in [-0.1, -0.05) is 35.5 Å². The van der Waals surface area contributed by atoms with Crippen molar-refractivity contribution in [2.75, 3.05) is 20.1 Å². The Hall–Kier alpha value is -3.48. The zero-order chi connectivity index (χ0) is 21.1. The molecule has 2 heterocycles. The maximum Gasteiger partial charge on any atom is 0.253 e. The van der Waals surface area contributed by atoms with Crippen molar-refractivity contribution in [1.82, 2.24) is 15.4 Å². The smallest absolute Gasteiger partial charge is 0.253 e. The molecule has 1 atom stereocenters. The summed E-state index contributed by atoms with van der Waals surface area (Å²) in [5.74, 6) is -0.168. The van der Waals surface area contributed by atoms with Crippen LogP contribution in [0.25, 0.3) is 11.3 Å². The summed E-state index contributed by atoms with van der Waals surface area (Å²) in [5.41, 5.74) is 1.23. The van der Waals surface area contributed by atoms with Crippen molar-refractivity contribution in [1.29, 1.82) is 0 Å². The van der Waals surface area contributed by atoms with Crippen molar-refractivity contribution >= 4 is 11.8 Å². The third kappa shape index (κ3) is 3.83. The van der Waals surface area contributed by atoms with Crippen molar-refractivity contribution < 1.29 is 18.5 Å². The summed E-state index contributed by atoms with van der Waals surface area (Å²) in [4.78, 5) is 27.3. The van der Waals surface area contributed by atoms with Crippen LogP contribution in [0.3, 0.4) is 0 Å². The van der Waals surface area contributed by atoms with Gasteiger partial charge >= 0.3 is 0 Å². The number of carbonyl (C=O) groups excluding carboxylic acids is 2. The number of likely N-dealkylation sites (tertiary alicyclic amines) is 1. The average molecular weight is 407 g/mol. The zero-order valence-corrected chi connectivity index (χ0v) is 16.6. The first-order valence-electron chi connectivity index (χ1n) is 9.79. The van der Waals surface area contributed by atoms with Crippen molar-refractivity contribution in [3.8, 4) is 11.3 Å². The van der Waals surface area contributed by atoms with Gasteiger partial charge in [-0.3, -0.25) is 9.59 Å². The Morgan fingerprint density at radius 2 is 1.90 bits per heavy atom. The maximum absolute atomic E-state index is 13.2. The molecule has 0 saturated carbocycles. The predicted molar refractivity (Wildman–Crippen MR) is 109 cm³/mol. The van der Waals surface area contributed by atoms with Crippen LogP contribution in [0.4, 0.5) is 4.39 Å². The second-order valence-corrected chi connectivity index (χ2v) is 7.56. The zero-order valence-electron chi connectivity index (χ0n) is 16.6. The average Bonchev–Trinajstić information content (AvgIpc) is 3.42.